The lowest BCUT2D eigenvalue weighted by Crippen LogP contribution is -2.14. The second-order valence-corrected chi connectivity index (χ2v) is 4.20. The van der Waals surface area contributed by atoms with Crippen molar-refractivity contribution in [1.82, 2.24) is 0 Å². The van der Waals surface area contributed by atoms with Gasteiger partial charge in [-0.05, 0) is 49.4 Å². The molecule has 3 rings (SSSR count). The molecule has 0 heterocycles. The predicted molar refractivity (Wildman–Crippen MR) is 41.6 cm³/mol. The molecule has 0 radical (unpaired) electrons. The fourth-order valence-corrected chi connectivity index (χ4v) is 3.45. The molecule has 3 aliphatic carbocycles. The molecule has 2 fully saturated rings. The van der Waals surface area contributed by atoms with Crippen LogP contribution in [0.5, 0.6) is 0 Å². The van der Waals surface area contributed by atoms with Crippen molar-refractivity contribution >= 4 is 0 Å². The molecule has 0 aromatic carbocycles. The first kappa shape index (κ1) is 5.40. The van der Waals surface area contributed by atoms with Gasteiger partial charge in [-0.25, -0.2) is 0 Å². The Kier molecular flexibility index (Phi) is 0.898. The zero-order valence-corrected chi connectivity index (χ0v) is 6.29. The Labute approximate surface area is 62.3 Å². The van der Waals surface area contributed by atoms with E-state index in [4.69, 9.17) is 0 Å². The van der Waals surface area contributed by atoms with Gasteiger partial charge in [-0.2, -0.15) is 0 Å². The Balaban J connectivity index is 2.06. The van der Waals surface area contributed by atoms with Gasteiger partial charge in [0, 0.05) is 0 Å². The summed E-state index contributed by atoms with van der Waals surface area (Å²) >= 11 is 0. The Bertz CT molecular complexity index is 160. The highest BCUT2D eigenvalue weighted by molar-refractivity contribution is 5.12. The van der Waals surface area contributed by atoms with Crippen LogP contribution in [0.1, 0.15) is 25.7 Å². The van der Waals surface area contributed by atoms with Gasteiger partial charge in [0.25, 0.3) is 0 Å². The average Bonchev–Trinajstić information content (AvgIpc) is 2.36. The topological polar surface area (TPSA) is 0 Å². The standard InChI is InChI=1S/C10H14/c1-2-8-4-6-9-7(1)3-5-10(8)9/h1-2,7-10H,3-6H2/t7-,8-,9-,10-/m1/s1. The van der Waals surface area contributed by atoms with Crippen LogP contribution >= 0.6 is 0 Å². The number of allylic oxidation sites excluding steroid dienone is 2. The summed E-state index contributed by atoms with van der Waals surface area (Å²) in [7, 11) is 0. The van der Waals surface area contributed by atoms with E-state index in [-0.39, 0.29) is 0 Å². The fraction of sp³-hybridized carbons (Fsp3) is 0.800. The highest BCUT2D eigenvalue weighted by atomic mass is 14.5. The molecule has 0 nitrogen and oxygen atoms in total. The molecule has 0 unspecified atom stereocenters. The van der Waals surface area contributed by atoms with Crippen LogP contribution in [0.2, 0.25) is 0 Å². The minimum atomic E-state index is 1.00. The third kappa shape index (κ3) is 0.492. The summed E-state index contributed by atoms with van der Waals surface area (Å²) in [6.45, 7) is 0. The van der Waals surface area contributed by atoms with Crippen molar-refractivity contribution < 1.29 is 0 Å². The average molecular weight is 134 g/mol. The van der Waals surface area contributed by atoms with Gasteiger partial charge in [-0.1, -0.05) is 12.2 Å². The lowest BCUT2D eigenvalue weighted by Gasteiger charge is -2.21. The maximum atomic E-state index is 2.51. The second kappa shape index (κ2) is 1.66. The molecule has 54 valence electrons. The van der Waals surface area contributed by atoms with Crippen LogP contribution in [0.3, 0.4) is 0 Å². The monoisotopic (exact) mass is 134 g/mol. The summed E-state index contributed by atoms with van der Waals surface area (Å²) in [5.41, 5.74) is 0. The fourth-order valence-electron chi connectivity index (χ4n) is 3.45. The summed E-state index contributed by atoms with van der Waals surface area (Å²) in [6.07, 6.45) is 11.1. The van der Waals surface area contributed by atoms with Crippen LogP contribution in [-0.2, 0) is 0 Å². The Morgan fingerprint density at radius 2 is 1.20 bits per heavy atom. The van der Waals surface area contributed by atoms with Gasteiger partial charge in [-0.15, -0.1) is 0 Å². The van der Waals surface area contributed by atoms with Gasteiger partial charge >= 0.3 is 0 Å². The number of hydrogen-bond donors (Lipinski definition) is 0. The van der Waals surface area contributed by atoms with Crippen molar-refractivity contribution in [2.75, 3.05) is 0 Å². The van der Waals surface area contributed by atoms with Crippen molar-refractivity contribution in [3.05, 3.63) is 12.2 Å². The molecule has 10 heavy (non-hydrogen) atoms. The summed E-state index contributed by atoms with van der Waals surface area (Å²) in [4.78, 5) is 0. The largest absolute Gasteiger partial charge is 0.0848 e. The lowest BCUT2D eigenvalue weighted by molar-refractivity contribution is 0.355. The van der Waals surface area contributed by atoms with Crippen molar-refractivity contribution in [2.45, 2.75) is 25.7 Å². The Morgan fingerprint density at radius 1 is 0.700 bits per heavy atom. The molecule has 0 aliphatic heterocycles. The smallest absolute Gasteiger partial charge is 0.0202 e. The third-order valence-electron chi connectivity index (χ3n) is 3.92. The summed E-state index contributed by atoms with van der Waals surface area (Å²) < 4.78 is 0. The van der Waals surface area contributed by atoms with Gasteiger partial charge < -0.3 is 0 Å². The number of rotatable bonds is 0. The molecular weight excluding hydrogens is 120 g/mol. The molecule has 0 amide bonds. The van der Waals surface area contributed by atoms with Gasteiger partial charge in [-0.3, -0.25) is 0 Å². The zero-order chi connectivity index (χ0) is 6.55. The van der Waals surface area contributed by atoms with Gasteiger partial charge in [0.1, 0.15) is 0 Å². The molecule has 0 aromatic heterocycles. The highest BCUT2D eigenvalue weighted by Crippen LogP contribution is 2.54. The zero-order valence-electron chi connectivity index (χ0n) is 6.29. The van der Waals surface area contributed by atoms with E-state index in [2.05, 4.69) is 12.2 Å². The van der Waals surface area contributed by atoms with Crippen LogP contribution in [0, 0.1) is 23.7 Å². The lowest BCUT2D eigenvalue weighted by atomic mass is 9.84. The van der Waals surface area contributed by atoms with Crippen molar-refractivity contribution in [3.63, 3.8) is 0 Å². The van der Waals surface area contributed by atoms with Crippen LogP contribution < -0.4 is 0 Å². The molecule has 0 N–H and O–H groups in total. The molecule has 0 spiro atoms. The van der Waals surface area contributed by atoms with Crippen LogP contribution in [0.25, 0.3) is 0 Å². The van der Waals surface area contributed by atoms with E-state index in [1.54, 1.807) is 0 Å². The minimum Gasteiger partial charge on any atom is -0.0848 e. The number of hydrogen-bond acceptors (Lipinski definition) is 0. The first-order chi connectivity index (χ1) is 4.95. The van der Waals surface area contributed by atoms with Gasteiger partial charge in [0.15, 0.2) is 0 Å². The predicted octanol–water partition coefficient (Wildman–Crippen LogP) is 2.61. The van der Waals surface area contributed by atoms with Crippen molar-refractivity contribution in [1.29, 1.82) is 0 Å². The van der Waals surface area contributed by atoms with Gasteiger partial charge in [0.05, 0.1) is 0 Å². The normalized spacial score (nSPS) is 56.0. The highest BCUT2D eigenvalue weighted by Gasteiger charge is 2.45. The molecule has 0 aromatic rings. The maximum absolute atomic E-state index is 2.51. The quantitative estimate of drug-likeness (QED) is 0.447. The molecule has 4 atom stereocenters. The van der Waals surface area contributed by atoms with Crippen LogP contribution in [-0.4, -0.2) is 0 Å². The molecular formula is C10H14. The van der Waals surface area contributed by atoms with E-state index in [0.717, 1.165) is 23.7 Å². The van der Waals surface area contributed by atoms with E-state index in [0.29, 0.717) is 0 Å². The van der Waals surface area contributed by atoms with Crippen molar-refractivity contribution in [3.8, 4) is 0 Å². The van der Waals surface area contributed by atoms with E-state index in [1.807, 2.05) is 0 Å². The molecule has 0 saturated heterocycles. The summed E-state index contributed by atoms with van der Waals surface area (Å²) in [6, 6.07) is 0. The van der Waals surface area contributed by atoms with Crippen LogP contribution in [0.4, 0.5) is 0 Å². The molecule has 4 bridgehead atoms. The Morgan fingerprint density at radius 3 is 1.70 bits per heavy atom. The van der Waals surface area contributed by atoms with E-state index < -0.39 is 0 Å². The maximum Gasteiger partial charge on any atom is -0.0202 e. The summed E-state index contributed by atoms with van der Waals surface area (Å²) in [5, 5.41) is 0. The third-order valence-corrected chi connectivity index (χ3v) is 3.92. The first-order valence-corrected chi connectivity index (χ1v) is 4.63. The van der Waals surface area contributed by atoms with Gasteiger partial charge in [0.2, 0.25) is 0 Å². The molecule has 2 saturated carbocycles. The molecule has 3 aliphatic rings. The van der Waals surface area contributed by atoms with Crippen LogP contribution in [0.15, 0.2) is 12.2 Å². The first-order valence-electron chi connectivity index (χ1n) is 4.63. The SMILES string of the molecule is C1=C[C@@H]2CC[C@H]3[C@@H]2CC[C@@H]13. The van der Waals surface area contributed by atoms with Crippen molar-refractivity contribution in [2.24, 2.45) is 23.7 Å². The molecule has 0 heteroatoms. The van der Waals surface area contributed by atoms with E-state index in [9.17, 15) is 0 Å². The second-order valence-electron chi connectivity index (χ2n) is 4.20. The Hall–Kier alpha value is -0.260. The van der Waals surface area contributed by atoms with E-state index in [1.165, 1.54) is 25.7 Å². The summed E-state index contributed by atoms with van der Waals surface area (Å²) in [5.74, 6) is 4.25. The van der Waals surface area contributed by atoms with E-state index >= 15 is 0 Å². The minimum absolute atomic E-state index is 1.00.